The standard InChI is InChI=1S/C31H62NO3P/c1-6-8-9-10-11-12-13-14-15-16-17-18-19-20-21-22-23-24-25-26-27-28-30-35-36(33,34)31(29-7-2)32(3,4)5/h6,18-19,31H,1,7-17,20-30H2,2-5H3/p+1. The van der Waals surface area contributed by atoms with Gasteiger partial charge in [0.15, 0.2) is 5.78 Å². The van der Waals surface area contributed by atoms with Crippen LogP contribution in [0.5, 0.6) is 0 Å². The van der Waals surface area contributed by atoms with Gasteiger partial charge in [0.05, 0.1) is 27.7 Å². The summed E-state index contributed by atoms with van der Waals surface area (Å²) in [7, 11) is 2.34. The van der Waals surface area contributed by atoms with E-state index in [1.807, 2.05) is 27.2 Å². The first-order valence-corrected chi connectivity index (χ1v) is 16.9. The fourth-order valence-electron chi connectivity index (χ4n) is 4.80. The molecule has 0 aromatic carbocycles. The summed E-state index contributed by atoms with van der Waals surface area (Å²) < 4.78 is 18.6. The van der Waals surface area contributed by atoms with Gasteiger partial charge in [-0.1, -0.05) is 102 Å². The van der Waals surface area contributed by atoms with E-state index in [2.05, 4.69) is 25.7 Å². The van der Waals surface area contributed by atoms with E-state index in [-0.39, 0.29) is 5.78 Å². The Hall–Kier alpha value is -0.410. The molecule has 0 aliphatic carbocycles. The summed E-state index contributed by atoms with van der Waals surface area (Å²) in [6, 6.07) is 0. The number of rotatable bonds is 27. The molecule has 0 aliphatic heterocycles. The number of hydrogen-bond donors (Lipinski definition) is 1. The minimum absolute atomic E-state index is 0.338. The fraction of sp³-hybridized carbons (Fsp3) is 0.871. The lowest BCUT2D eigenvalue weighted by molar-refractivity contribution is -0.883. The molecule has 0 heterocycles. The van der Waals surface area contributed by atoms with E-state index in [4.69, 9.17) is 4.52 Å². The molecule has 214 valence electrons. The Bertz CT molecular complexity index is 571. The minimum Gasteiger partial charge on any atom is -0.320 e. The van der Waals surface area contributed by atoms with Gasteiger partial charge in [-0.05, 0) is 51.4 Å². The van der Waals surface area contributed by atoms with Crippen molar-refractivity contribution in [3.8, 4) is 0 Å². The van der Waals surface area contributed by atoms with Crippen molar-refractivity contribution in [2.24, 2.45) is 0 Å². The Morgan fingerprint density at radius 3 is 1.50 bits per heavy atom. The number of hydrogen-bond acceptors (Lipinski definition) is 2. The van der Waals surface area contributed by atoms with Gasteiger partial charge in [0.25, 0.3) is 0 Å². The highest BCUT2D eigenvalue weighted by atomic mass is 31.2. The molecule has 0 saturated heterocycles. The second-order valence-corrected chi connectivity index (χ2v) is 13.5. The molecule has 0 aromatic heterocycles. The maximum Gasteiger partial charge on any atom is 0.385 e. The SMILES string of the molecule is C=CCCCCCCCCCCC=CCCCCCCCCCCOP(=O)(O)C(CCC)[N+](C)(C)C. The zero-order chi connectivity index (χ0) is 27.0. The van der Waals surface area contributed by atoms with Crippen molar-refractivity contribution in [1.29, 1.82) is 0 Å². The Balaban J connectivity index is 3.46. The van der Waals surface area contributed by atoms with Crippen molar-refractivity contribution in [3.63, 3.8) is 0 Å². The van der Waals surface area contributed by atoms with Crippen LogP contribution in [0.3, 0.4) is 0 Å². The molecule has 0 aliphatic rings. The number of unbranched alkanes of at least 4 members (excludes halogenated alkanes) is 17. The van der Waals surface area contributed by atoms with E-state index in [9.17, 15) is 9.46 Å². The molecule has 0 spiro atoms. The van der Waals surface area contributed by atoms with Crippen molar-refractivity contribution >= 4 is 7.60 Å². The van der Waals surface area contributed by atoms with Gasteiger partial charge in [0, 0.05) is 6.42 Å². The number of quaternary nitrogens is 1. The van der Waals surface area contributed by atoms with Crippen molar-refractivity contribution in [1.82, 2.24) is 0 Å². The quantitative estimate of drug-likeness (QED) is 0.0499. The second kappa shape index (κ2) is 23.7. The molecular weight excluding hydrogens is 465 g/mol. The Labute approximate surface area is 226 Å². The zero-order valence-electron chi connectivity index (χ0n) is 24.7. The van der Waals surface area contributed by atoms with Crippen LogP contribution in [0.25, 0.3) is 0 Å². The summed E-state index contributed by atoms with van der Waals surface area (Å²) in [4.78, 5) is 10.4. The third-order valence-electron chi connectivity index (χ3n) is 7.05. The summed E-state index contributed by atoms with van der Waals surface area (Å²) in [6.07, 6.45) is 32.8. The van der Waals surface area contributed by atoms with E-state index in [1.54, 1.807) is 0 Å². The molecule has 0 radical (unpaired) electrons. The Morgan fingerprint density at radius 2 is 1.11 bits per heavy atom. The van der Waals surface area contributed by atoms with Crippen molar-refractivity contribution in [2.45, 2.75) is 148 Å². The molecule has 2 atom stereocenters. The van der Waals surface area contributed by atoms with E-state index < -0.39 is 7.60 Å². The second-order valence-electron chi connectivity index (χ2n) is 11.6. The van der Waals surface area contributed by atoms with E-state index in [0.717, 1.165) is 19.3 Å². The third kappa shape index (κ3) is 21.7. The average molecular weight is 529 g/mol. The average Bonchev–Trinajstić information content (AvgIpc) is 2.82. The van der Waals surface area contributed by atoms with Gasteiger partial charge in [-0.3, -0.25) is 4.57 Å². The number of allylic oxidation sites excluding steroid dienone is 3. The first kappa shape index (κ1) is 35.6. The maximum absolute atomic E-state index is 12.7. The van der Waals surface area contributed by atoms with Crippen molar-refractivity contribution in [2.75, 3.05) is 27.7 Å². The first-order valence-electron chi connectivity index (χ1n) is 15.3. The van der Waals surface area contributed by atoms with Gasteiger partial charge in [-0.15, -0.1) is 6.58 Å². The monoisotopic (exact) mass is 528 g/mol. The van der Waals surface area contributed by atoms with Crippen LogP contribution in [0.4, 0.5) is 0 Å². The van der Waals surface area contributed by atoms with Crippen LogP contribution in [0, 0.1) is 0 Å². The van der Waals surface area contributed by atoms with Gasteiger partial charge in [0.2, 0.25) is 0 Å². The summed E-state index contributed by atoms with van der Waals surface area (Å²) in [5, 5.41) is 0. The van der Waals surface area contributed by atoms with Crippen molar-refractivity contribution < 1.29 is 18.5 Å². The molecule has 2 unspecified atom stereocenters. The Morgan fingerprint density at radius 1 is 0.722 bits per heavy atom. The molecule has 0 rings (SSSR count). The van der Waals surface area contributed by atoms with E-state index in [0.29, 0.717) is 17.5 Å². The normalized spacial score (nSPS) is 14.8. The summed E-state index contributed by atoms with van der Waals surface area (Å²) >= 11 is 0. The maximum atomic E-state index is 12.7. The minimum atomic E-state index is -3.57. The first-order chi connectivity index (χ1) is 17.3. The van der Waals surface area contributed by atoms with Gasteiger partial charge in [-0.25, -0.2) is 0 Å². The number of nitrogens with zero attached hydrogens (tertiary/aromatic N) is 1. The molecule has 5 heteroatoms. The van der Waals surface area contributed by atoms with Crippen LogP contribution < -0.4 is 0 Å². The molecule has 36 heavy (non-hydrogen) atoms. The van der Waals surface area contributed by atoms with Gasteiger partial charge in [-0.2, -0.15) is 0 Å². The molecule has 0 fully saturated rings. The zero-order valence-corrected chi connectivity index (χ0v) is 25.6. The summed E-state index contributed by atoms with van der Waals surface area (Å²) in [5.41, 5.74) is 0. The molecule has 0 bridgehead atoms. The van der Waals surface area contributed by atoms with Gasteiger partial charge >= 0.3 is 7.60 Å². The van der Waals surface area contributed by atoms with E-state index >= 15 is 0 Å². The summed E-state index contributed by atoms with van der Waals surface area (Å²) in [6.45, 7) is 6.23. The van der Waals surface area contributed by atoms with Crippen LogP contribution in [-0.4, -0.2) is 42.9 Å². The molecule has 1 N–H and O–H groups in total. The van der Waals surface area contributed by atoms with Crippen molar-refractivity contribution in [3.05, 3.63) is 24.8 Å². The van der Waals surface area contributed by atoms with Crippen LogP contribution in [0.15, 0.2) is 24.8 Å². The van der Waals surface area contributed by atoms with E-state index in [1.165, 1.54) is 109 Å². The lowest BCUT2D eigenvalue weighted by atomic mass is 10.1. The summed E-state index contributed by atoms with van der Waals surface area (Å²) in [5.74, 6) is -0.338. The largest absolute Gasteiger partial charge is 0.385 e. The highest BCUT2D eigenvalue weighted by Crippen LogP contribution is 2.51. The smallest absolute Gasteiger partial charge is 0.320 e. The van der Waals surface area contributed by atoms with Crippen LogP contribution in [-0.2, 0) is 9.09 Å². The predicted octanol–water partition coefficient (Wildman–Crippen LogP) is 10.2. The fourth-order valence-corrected chi connectivity index (χ4v) is 6.82. The third-order valence-corrected chi connectivity index (χ3v) is 9.31. The predicted molar refractivity (Wildman–Crippen MR) is 160 cm³/mol. The van der Waals surface area contributed by atoms with Crippen LogP contribution in [0.2, 0.25) is 0 Å². The van der Waals surface area contributed by atoms with Crippen LogP contribution >= 0.6 is 7.60 Å². The topological polar surface area (TPSA) is 46.5 Å². The molecule has 4 nitrogen and oxygen atoms in total. The lowest BCUT2D eigenvalue weighted by Crippen LogP contribution is -2.45. The highest BCUT2D eigenvalue weighted by Gasteiger charge is 2.41. The van der Waals surface area contributed by atoms with Gasteiger partial charge in [0.1, 0.15) is 0 Å². The lowest BCUT2D eigenvalue weighted by Gasteiger charge is -2.35. The van der Waals surface area contributed by atoms with Crippen LogP contribution in [0.1, 0.15) is 142 Å². The van der Waals surface area contributed by atoms with Gasteiger partial charge < -0.3 is 13.9 Å². The Kier molecular flexibility index (Phi) is 23.4. The highest BCUT2D eigenvalue weighted by molar-refractivity contribution is 7.53. The molecule has 0 saturated carbocycles. The molecule has 0 aromatic rings. The molecule has 0 amide bonds. The molecular formula is C31H63NO3P+.